The van der Waals surface area contributed by atoms with Crippen LogP contribution in [-0.4, -0.2) is 17.7 Å². The fourth-order valence-corrected chi connectivity index (χ4v) is 2.45. The highest BCUT2D eigenvalue weighted by molar-refractivity contribution is 6.26. The van der Waals surface area contributed by atoms with Crippen molar-refractivity contribution < 1.29 is 9.59 Å². The van der Waals surface area contributed by atoms with Crippen LogP contribution in [0.1, 0.15) is 17.5 Å². The maximum absolute atomic E-state index is 12.1. The van der Waals surface area contributed by atoms with Gasteiger partial charge in [-0.05, 0) is 25.0 Å². The molecule has 90 valence electrons. The molecule has 2 amide bonds. The fraction of sp³-hybridized carbons (Fsp3) is 0.385. The summed E-state index contributed by atoms with van der Waals surface area (Å²) in [7, 11) is 0. The smallest absolute Gasteiger partial charge is 0.238 e. The Morgan fingerprint density at radius 3 is 2.35 bits per heavy atom. The maximum atomic E-state index is 12.1. The largest absolute Gasteiger partial charge is 0.274 e. The Hall–Kier alpha value is -1.35. The van der Waals surface area contributed by atoms with Crippen molar-refractivity contribution in [3.05, 3.63) is 29.3 Å². The molecule has 3 nitrogen and oxygen atoms in total. The zero-order valence-electron chi connectivity index (χ0n) is 9.87. The van der Waals surface area contributed by atoms with Crippen LogP contribution in [0.5, 0.6) is 0 Å². The molecule has 0 N–H and O–H groups in total. The second-order valence-corrected chi connectivity index (χ2v) is 4.67. The summed E-state index contributed by atoms with van der Waals surface area (Å²) in [6, 6.07) is 5.71. The molecule has 0 spiro atoms. The third-order valence-corrected chi connectivity index (χ3v) is 3.46. The Balaban J connectivity index is 2.47. The van der Waals surface area contributed by atoms with Crippen molar-refractivity contribution in [1.29, 1.82) is 0 Å². The summed E-state index contributed by atoms with van der Waals surface area (Å²) in [6.45, 7) is 3.80. The number of hydrogen-bond acceptors (Lipinski definition) is 2. The van der Waals surface area contributed by atoms with Crippen LogP contribution in [0.3, 0.4) is 0 Å². The van der Waals surface area contributed by atoms with Gasteiger partial charge in [0, 0.05) is 12.3 Å². The number of anilines is 1. The zero-order valence-corrected chi connectivity index (χ0v) is 10.6. The minimum absolute atomic E-state index is 0.155. The number of rotatable bonds is 2. The standard InChI is InChI=1S/C13H14ClNO2/c1-8-4-3-5-9(2)12(8)15-11(16)6-10(7-14)13(15)17/h3-5,10H,6-7H2,1-2H3. The molecule has 4 heteroatoms. The molecule has 0 aliphatic carbocycles. The number of para-hydroxylation sites is 1. The number of aryl methyl sites for hydroxylation is 2. The van der Waals surface area contributed by atoms with Crippen LogP contribution in [0, 0.1) is 19.8 Å². The molecule has 0 aromatic heterocycles. The van der Waals surface area contributed by atoms with Crippen LogP contribution in [0.2, 0.25) is 0 Å². The molecule has 1 aromatic carbocycles. The van der Waals surface area contributed by atoms with E-state index in [1.54, 1.807) is 0 Å². The van der Waals surface area contributed by atoms with Gasteiger partial charge < -0.3 is 0 Å². The molecular formula is C13H14ClNO2. The summed E-state index contributed by atoms with van der Waals surface area (Å²) in [5, 5.41) is 0. The Morgan fingerprint density at radius 1 is 1.29 bits per heavy atom. The zero-order chi connectivity index (χ0) is 12.6. The first-order valence-corrected chi connectivity index (χ1v) is 6.08. The first-order valence-electron chi connectivity index (χ1n) is 5.55. The minimum atomic E-state index is -0.372. The average Bonchev–Trinajstić information content (AvgIpc) is 2.56. The van der Waals surface area contributed by atoms with E-state index in [9.17, 15) is 9.59 Å². The summed E-state index contributed by atoms with van der Waals surface area (Å²) in [4.78, 5) is 25.3. The Morgan fingerprint density at radius 2 is 1.88 bits per heavy atom. The second kappa shape index (κ2) is 4.49. The molecule has 1 unspecified atom stereocenters. The van der Waals surface area contributed by atoms with Gasteiger partial charge in [0.25, 0.3) is 0 Å². The van der Waals surface area contributed by atoms with Gasteiger partial charge in [0.1, 0.15) is 0 Å². The molecule has 0 radical (unpaired) electrons. The minimum Gasteiger partial charge on any atom is -0.274 e. The highest BCUT2D eigenvalue weighted by Gasteiger charge is 2.39. The van der Waals surface area contributed by atoms with E-state index in [0.717, 1.165) is 16.8 Å². The van der Waals surface area contributed by atoms with Crippen molar-refractivity contribution in [3.63, 3.8) is 0 Å². The van der Waals surface area contributed by atoms with Gasteiger partial charge in [-0.3, -0.25) is 9.59 Å². The molecule has 0 bridgehead atoms. The monoisotopic (exact) mass is 251 g/mol. The maximum Gasteiger partial charge on any atom is 0.238 e. The normalized spacial score (nSPS) is 20.2. The average molecular weight is 252 g/mol. The van der Waals surface area contributed by atoms with Crippen molar-refractivity contribution in [2.75, 3.05) is 10.8 Å². The van der Waals surface area contributed by atoms with Crippen molar-refractivity contribution in [2.45, 2.75) is 20.3 Å². The van der Waals surface area contributed by atoms with Crippen molar-refractivity contribution >= 4 is 29.1 Å². The highest BCUT2D eigenvalue weighted by Crippen LogP contribution is 2.31. The number of hydrogen-bond donors (Lipinski definition) is 0. The van der Waals surface area contributed by atoms with Crippen molar-refractivity contribution in [2.24, 2.45) is 5.92 Å². The van der Waals surface area contributed by atoms with Crippen molar-refractivity contribution in [3.8, 4) is 0 Å². The Kier molecular flexibility index (Phi) is 3.20. The van der Waals surface area contributed by atoms with Crippen LogP contribution in [0.25, 0.3) is 0 Å². The van der Waals surface area contributed by atoms with E-state index in [-0.39, 0.29) is 30.0 Å². The van der Waals surface area contributed by atoms with Gasteiger partial charge in [-0.1, -0.05) is 18.2 Å². The Bertz CT molecular complexity index is 464. The van der Waals surface area contributed by atoms with E-state index in [1.807, 2.05) is 32.0 Å². The molecule has 1 aromatic rings. The molecule has 1 aliphatic heterocycles. The lowest BCUT2D eigenvalue weighted by molar-refractivity contribution is -0.122. The van der Waals surface area contributed by atoms with E-state index in [0.29, 0.717) is 0 Å². The molecule has 17 heavy (non-hydrogen) atoms. The lowest BCUT2D eigenvalue weighted by Gasteiger charge is -2.19. The lowest BCUT2D eigenvalue weighted by atomic mass is 10.1. The van der Waals surface area contributed by atoms with E-state index in [2.05, 4.69) is 0 Å². The van der Waals surface area contributed by atoms with Gasteiger partial charge in [0.2, 0.25) is 11.8 Å². The third kappa shape index (κ3) is 1.95. The molecule has 2 rings (SSSR count). The summed E-state index contributed by atoms with van der Waals surface area (Å²) in [5.41, 5.74) is 2.58. The topological polar surface area (TPSA) is 37.4 Å². The van der Waals surface area contributed by atoms with Crippen molar-refractivity contribution in [1.82, 2.24) is 0 Å². The second-order valence-electron chi connectivity index (χ2n) is 4.36. The first-order chi connectivity index (χ1) is 8.06. The molecular weight excluding hydrogens is 238 g/mol. The van der Waals surface area contributed by atoms with Gasteiger partial charge in [-0.25, -0.2) is 4.90 Å². The Labute approximate surface area is 105 Å². The van der Waals surface area contributed by atoms with E-state index >= 15 is 0 Å². The third-order valence-electron chi connectivity index (χ3n) is 3.09. The van der Waals surface area contributed by atoms with E-state index in [1.165, 1.54) is 4.90 Å². The quantitative estimate of drug-likeness (QED) is 0.598. The van der Waals surface area contributed by atoms with E-state index in [4.69, 9.17) is 11.6 Å². The van der Waals surface area contributed by atoms with Gasteiger partial charge in [-0.15, -0.1) is 11.6 Å². The van der Waals surface area contributed by atoms with Gasteiger partial charge in [0.15, 0.2) is 0 Å². The molecule has 1 heterocycles. The molecule has 1 saturated heterocycles. The predicted molar refractivity (Wildman–Crippen MR) is 67.2 cm³/mol. The number of nitrogens with zero attached hydrogens (tertiary/aromatic N) is 1. The summed E-state index contributed by atoms with van der Waals surface area (Å²) < 4.78 is 0. The van der Waals surface area contributed by atoms with Gasteiger partial charge in [-0.2, -0.15) is 0 Å². The number of amides is 2. The predicted octanol–water partition coefficient (Wildman–Crippen LogP) is 2.42. The lowest BCUT2D eigenvalue weighted by Crippen LogP contribution is -2.32. The number of carbonyl (C=O) groups is 2. The van der Waals surface area contributed by atoms with Crippen LogP contribution >= 0.6 is 11.6 Å². The molecule has 1 atom stereocenters. The van der Waals surface area contributed by atoms with Crippen LogP contribution in [-0.2, 0) is 9.59 Å². The molecule has 1 aliphatic rings. The van der Waals surface area contributed by atoms with Gasteiger partial charge >= 0.3 is 0 Å². The van der Waals surface area contributed by atoms with Gasteiger partial charge in [0.05, 0.1) is 11.6 Å². The number of imide groups is 1. The number of carbonyl (C=O) groups excluding carboxylic acids is 2. The highest BCUT2D eigenvalue weighted by atomic mass is 35.5. The van der Waals surface area contributed by atoms with Crippen LogP contribution < -0.4 is 4.90 Å². The van der Waals surface area contributed by atoms with Crippen LogP contribution in [0.4, 0.5) is 5.69 Å². The van der Waals surface area contributed by atoms with Crippen LogP contribution in [0.15, 0.2) is 18.2 Å². The molecule has 0 saturated carbocycles. The number of alkyl halides is 1. The molecule has 1 fully saturated rings. The first kappa shape index (κ1) is 12.1. The number of benzene rings is 1. The SMILES string of the molecule is Cc1cccc(C)c1N1C(=O)CC(CCl)C1=O. The summed E-state index contributed by atoms with van der Waals surface area (Å²) in [5.74, 6) is -0.505. The fourth-order valence-electron chi connectivity index (χ4n) is 2.21. The number of halogens is 1. The summed E-state index contributed by atoms with van der Waals surface area (Å²) in [6.07, 6.45) is 0.218. The van der Waals surface area contributed by atoms with E-state index < -0.39 is 0 Å². The summed E-state index contributed by atoms with van der Waals surface area (Å²) >= 11 is 5.70.